The molecule has 254 valence electrons. The van der Waals surface area contributed by atoms with Gasteiger partial charge in [0.1, 0.15) is 5.60 Å². The predicted molar refractivity (Wildman–Crippen MR) is 180 cm³/mol. The third-order valence-electron chi connectivity index (χ3n) is 8.49. The van der Waals surface area contributed by atoms with Gasteiger partial charge < -0.3 is 19.4 Å². The van der Waals surface area contributed by atoms with Gasteiger partial charge >= 0.3 is 12.1 Å². The van der Waals surface area contributed by atoms with Crippen molar-refractivity contribution in [1.82, 2.24) is 34.3 Å². The van der Waals surface area contributed by atoms with Gasteiger partial charge in [0.05, 0.1) is 24.5 Å². The fourth-order valence-electron chi connectivity index (χ4n) is 5.77. The van der Waals surface area contributed by atoms with Crippen molar-refractivity contribution in [3.8, 4) is 0 Å². The molecule has 0 spiro atoms. The maximum absolute atomic E-state index is 12.5. The van der Waals surface area contributed by atoms with E-state index in [4.69, 9.17) is 4.74 Å². The molecule has 4 rings (SSSR count). The average molecular weight is 628 g/mol. The highest BCUT2D eigenvalue weighted by atomic mass is 16.6. The van der Waals surface area contributed by atoms with Gasteiger partial charge in [0.2, 0.25) is 0 Å². The Labute approximate surface area is 272 Å². The summed E-state index contributed by atoms with van der Waals surface area (Å²) in [6.07, 6.45) is 14.1. The van der Waals surface area contributed by atoms with Crippen LogP contribution < -0.4 is 0 Å². The molecule has 0 saturated carbocycles. The lowest BCUT2D eigenvalue weighted by Gasteiger charge is -2.39. The third-order valence-corrected chi connectivity index (χ3v) is 8.49. The molecule has 2 aliphatic rings. The number of hydrogen-bond donors (Lipinski definition) is 0. The average Bonchev–Trinajstić information content (AvgIpc) is 3.60. The first kappa shape index (κ1) is 36.4. The number of rotatable bonds is 6. The van der Waals surface area contributed by atoms with Crippen molar-refractivity contribution in [3.63, 3.8) is 0 Å². The SMILES string of the molecule is CC(C)Cc1cnn(C2CCN(C(=O)N(C)C(C)(C)C)CC2)c1.CC(C)Cc1cnn(C2CCN(C(=O)OC(C)(C)C)CC2)c1. The van der Waals surface area contributed by atoms with E-state index in [0.29, 0.717) is 23.9 Å². The van der Waals surface area contributed by atoms with Gasteiger partial charge in [-0.15, -0.1) is 0 Å². The number of carbonyl (C=O) groups is 2. The van der Waals surface area contributed by atoms with Gasteiger partial charge in [-0.3, -0.25) is 9.36 Å². The Bertz CT molecular complexity index is 1200. The summed E-state index contributed by atoms with van der Waals surface area (Å²) in [6.45, 7) is 23.9. The molecule has 2 fully saturated rings. The lowest BCUT2D eigenvalue weighted by molar-refractivity contribution is 0.0184. The molecule has 2 saturated heterocycles. The number of amides is 3. The highest BCUT2D eigenvalue weighted by molar-refractivity contribution is 5.75. The van der Waals surface area contributed by atoms with Gasteiger partial charge in [-0.25, -0.2) is 9.59 Å². The summed E-state index contributed by atoms with van der Waals surface area (Å²) in [4.78, 5) is 30.2. The van der Waals surface area contributed by atoms with E-state index < -0.39 is 5.60 Å². The van der Waals surface area contributed by atoms with Crippen LogP contribution in [0.3, 0.4) is 0 Å². The van der Waals surface area contributed by atoms with E-state index in [1.54, 1.807) is 4.90 Å². The fraction of sp³-hybridized carbons (Fsp3) is 0.771. The molecule has 0 atom stereocenters. The predicted octanol–water partition coefficient (Wildman–Crippen LogP) is 7.22. The number of urea groups is 1. The smallest absolute Gasteiger partial charge is 0.410 e. The Hall–Kier alpha value is -3.04. The lowest BCUT2D eigenvalue weighted by atomic mass is 10.0. The van der Waals surface area contributed by atoms with Crippen LogP contribution in [0.2, 0.25) is 0 Å². The minimum atomic E-state index is -0.429. The summed E-state index contributed by atoms with van der Waals surface area (Å²) >= 11 is 0. The highest BCUT2D eigenvalue weighted by Crippen LogP contribution is 2.26. The van der Waals surface area contributed by atoms with Crippen LogP contribution in [0.4, 0.5) is 9.59 Å². The first-order valence-corrected chi connectivity index (χ1v) is 17.0. The quantitative estimate of drug-likeness (QED) is 0.337. The number of aromatic nitrogens is 4. The Morgan fingerprint density at radius 1 is 0.778 bits per heavy atom. The van der Waals surface area contributed by atoms with Crippen LogP contribution in [0.1, 0.15) is 118 Å². The Morgan fingerprint density at radius 2 is 1.18 bits per heavy atom. The second-order valence-electron chi connectivity index (χ2n) is 15.8. The summed E-state index contributed by atoms with van der Waals surface area (Å²) < 4.78 is 9.61. The van der Waals surface area contributed by atoms with E-state index in [2.05, 4.69) is 80.4 Å². The van der Waals surface area contributed by atoms with Crippen LogP contribution in [-0.4, -0.2) is 90.8 Å². The zero-order valence-corrected chi connectivity index (χ0v) is 30.0. The molecule has 0 aliphatic carbocycles. The summed E-state index contributed by atoms with van der Waals surface area (Å²) in [7, 11) is 1.89. The van der Waals surface area contributed by atoms with E-state index in [9.17, 15) is 9.59 Å². The molecule has 0 N–H and O–H groups in total. The molecular formula is C35H61N7O3. The normalized spacial score (nSPS) is 17.0. The van der Waals surface area contributed by atoms with Crippen molar-refractivity contribution in [1.29, 1.82) is 0 Å². The van der Waals surface area contributed by atoms with Crippen molar-refractivity contribution in [2.75, 3.05) is 33.2 Å². The van der Waals surface area contributed by atoms with Crippen molar-refractivity contribution < 1.29 is 14.3 Å². The Morgan fingerprint density at radius 3 is 1.53 bits per heavy atom. The van der Waals surface area contributed by atoms with Crippen LogP contribution in [0.5, 0.6) is 0 Å². The van der Waals surface area contributed by atoms with Crippen molar-refractivity contribution in [2.24, 2.45) is 11.8 Å². The van der Waals surface area contributed by atoms with Crippen molar-refractivity contribution in [3.05, 3.63) is 35.9 Å². The standard InChI is InChI=1S/C18H32N4O.C17H29N3O2/c1-14(2)11-15-12-19-22(13-15)16-7-9-21(10-8-16)17(23)20(6)18(3,4)5;1-13(2)10-14-11-18-20(12-14)15-6-8-19(9-7-15)16(21)22-17(3,4)5/h12-14,16H,7-11H2,1-6H3;11-13,15H,6-10H2,1-5H3. The zero-order chi connectivity index (χ0) is 33.5. The van der Waals surface area contributed by atoms with Gasteiger partial charge in [0, 0.05) is 51.2 Å². The van der Waals surface area contributed by atoms with Crippen molar-refractivity contribution >= 4 is 12.1 Å². The maximum atomic E-state index is 12.5. The molecular weight excluding hydrogens is 566 g/mol. The minimum Gasteiger partial charge on any atom is -0.444 e. The van der Waals surface area contributed by atoms with Crippen LogP contribution >= 0.6 is 0 Å². The fourth-order valence-corrected chi connectivity index (χ4v) is 5.77. The molecule has 0 aromatic carbocycles. The summed E-state index contributed by atoms with van der Waals surface area (Å²) in [5.74, 6) is 1.30. The topological polar surface area (TPSA) is 88.7 Å². The number of ether oxygens (including phenoxy) is 1. The molecule has 0 radical (unpaired) electrons. The van der Waals surface area contributed by atoms with Gasteiger partial charge in [0.15, 0.2) is 0 Å². The van der Waals surface area contributed by atoms with Gasteiger partial charge in [-0.1, -0.05) is 27.7 Å². The van der Waals surface area contributed by atoms with Crippen LogP contribution in [0.25, 0.3) is 0 Å². The van der Waals surface area contributed by atoms with E-state index in [-0.39, 0.29) is 17.7 Å². The van der Waals surface area contributed by atoms with Crippen molar-refractivity contribution in [2.45, 2.75) is 131 Å². The van der Waals surface area contributed by atoms with E-state index in [0.717, 1.165) is 64.7 Å². The summed E-state index contributed by atoms with van der Waals surface area (Å²) in [5.41, 5.74) is 2.04. The monoisotopic (exact) mass is 627 g/mol. The molecule has 2 aromatic rings. The second kappa shape index (κ2) is 15.5. The first-order valence-electron chi connectivity index (χ1n) is 17.0. The molecule has 3 amide bonds. The molecule has 2 aliphatic heterocycles. The Kier molecular flexibility index (Phi) is 12.5. The number of hydrogen-bond acceptors (Lipinski definition) is 5. The highest BCUT2D eigenvalue weighted by Gasteiger charge is 2.31. The minimum absolute atomic E-state index is 0.136. The zero-order valence-electron chi connectivity index (χ0n) is 30.0. The molecule has 4 heterocycles. The molecule has 45 heavy (non-hydrogen) atoms. The lowest BCUT2D eigenvalue weighted by Crippen LogP contribution is -2.51. The number of piperidine rings is 2. The maximum Gasteiger partial charge on any atom is 0.410 e. The van der Waals surface area contributed by atoms with E-state index in [1.165, 1.54) is 11.1 Å². The third kappa shape index (κ3) is 11.4. The second-order valence-corrected chi connectivity index (χ2v) is 15.8. The van der Waals surface area contributed by atoms with Crippen LogP contribution in [-0.2, 0) is 17.6 Å². The Balaban J connectivity index is 0.000000246. The first-order chi connectivity index (χ1) is 20.9. The van der Waals surface area contributed by atoms with Crippen LogP contribution in [0, 0.1) is 11.8 Å². The summed E-state index contributed by atoms with van der Waals surface area (Å²) in [5, 5.41) is 9.04. The van der Waals surface area contributed by atoms with Gasteiger partial charge in [0.25, 0.3) is 0 Å². The molecule has 0 bridgehead atoms. The number of nitrogens with zero attached hydrogens (tertiary/aromatic N) is 7. The number of likely N-dealkylation sites (tertiary alicyclic amines) is 2. The summed E-state index contributed by atoms with van der Waals surface area (Å²) in [6, 6.07) is 0.941. The van der Waals surface area contributed by atoms with E-state index in [1.807, 2.05) is 50.0 Å². The molecule has 10 nitrogen and oxygen atoms in total. The van der Waals surface area contributed by atoms with Gasteiger partial charge in [-0.2, -0.15) is 10.2 Å². The van der Waals surface area contributed by atoms with Gasteiger partial charge in [-0.05, 0) is 103 Å². The molecule has 0 unspecified atom stereocenters. The molecule has 2 aromatic heterocycles. The van der Waals surface area contributed by atoms with Crippen LogP contribution in [0.15, 0.2) is 24.8 Å². The molecule has 10 heteroatoms. The van der Waals surface area contributed by atoms with E-state index >= 15 is 0 Å². The number of carbonyl (C=O) groups excluding carboxylic acids is 2. The largest absolute Gasteiger partial charge is 0.444 e.